The molecule has 2 aliphatic carbocycles. The maximum Gasteiger partial charge on any atom is 0.230 e. The smallest absolute Gasteiger partial charge is 0.230 e. The standard InChI is InChI=1S/C16H22N2O/c17-11-12-5-7-14(8-6-12)18(15-9-10-15)16(19)13-3-1-2-4-13/h5-8,13,15H,1-4,9-11,17H2. The third kappa shape index (κ3) is 2.66. The van der Waals surface area contributed by atoms with Gasteiger partial charge in [-0.15, -0.1) is 0 Å². The number of hydrogen-bond donors (Lipinski definition) is 1. The molecule has 0 spiro atoms. The van der Waals surface area contributed by atoms with Crippen LogP contribution in [-0.2, 0) is 11.3 Å². The molecule has 3 rings (SSSR count). The summed E-state index contributed by atoms with van der Waals surface area (Å²) in [6.45, 7) is 0.556. The minimum absolute atomic E-state index is 0.259. The van der Waals surface area contributed by atoms with Crippen LogP contribution in [0.1, 0.15) is 44.1 Å². The van der Waals surface area contributed by atoms with Crippen molar-refractivity contribution in [2.45, 2.75) is 51.1 Å². The summed E-state index contributed by atoms with van der Waals surface area (Å²) in [7, 11) is 0. The van der Waals surface area contributed by atoms with Gasteiger partial charge in [0.15, 0.2) is 0 Å². The molecule has 2 saturated carbocycles. The molecule has 1 amide bonds. The second-order valence-corrected chi connectivity index (χ2v) is 5.79. The summed E-state index contributed by atoms with van der Waals surface area (Å²) in [5, 5.41) is 0. The van der Waals surface area contributed by atoms with Crippen LogP contribution in [0.4, 0.5) is 5.69 Å². The van der Waals surface area contributed by atoms with Gasteiger partial charge in [-0.05, 0) is 43.4 Å². The third-order valence-electron chi connectivity index (χ3n) is 4.30. The predicted octanol–water partition coefficient (Wildman–Crippen LogP) is 2.83. The Hall–Kier alpha value is -1.35. The number of anilines is 1. The quantitative estimate of drug-likeness (QED) is 0.902. The molecule has 3 heteroatoms. The first-order chi connectivity index (χ1) is 9.29. The molecule has 0 aliphatic heterocycles. The topological polar surface area (TPSA) is 46.3 Å². The molecule has 0 aromatic heterocycles. The lowest BCUT2D eigenvalue weighted by molar-refractivity contribution is -0.122. The van der Waals surface area contributed by atoms with Crippen molar-refractivity contribution in [3.05, 3.63) is 29.8 Å². The van der Waals surface area contributed by atoms with E-state index in [-0.39, 0.29) is 5.92 Å². The van der Waals surface area contributed by atoms with Gasteiger partial charge >= 0.3 is 0 Å². The van der Waals surface area contributed by atoms with Gasteiger partial charge in [-0.1, -0.05) is 25.0 Å². The number of benzene rings is 1. The maximum atomic E-state index is 12.7. The van der Waals surface area contributed by atoms with Crippen molar-refractivity contribution in [2.75, 3.05) is 4.90 Å². The maximum absolute atomic E-state index is 12.7. The molecular weight excluding hydrogens is 236 g/mol. The molecule has 2 aliphatic rings. The molecule has 0 heterocycles. The molecular formula is C16H22N2O. The van der Waals surface area contributed by atoms with Gasteiger partial charge in [-0.2, -0.15) is 0 Å². The van der Waals surface area contributed by atoms with Crippen molar-refractivity contribution >= 4 is 11.6 Å². The normalized spacial score (nSPS) is 19.6. The van der Waals surface area contributed by atoms with Crippen molar-refractivity contribution in [1.82, 2.24) is 0 Å². The highest BCUT2D eigenvalue weighted by Crippen LogP contribution is 2.36. The van der Waals surface area contributed by atoms with E-state index in [2.05, 4.69) is 4.90 Å². The van der Waals surface area contributed by atoms with Crippen molar-refractivity contribution in [1.29, 1.82) is 0 Å². The lowest BCUT2D eigenvalue weighted by Crippen LogP contribution is -2.37. The molecule has 0 unspecified atom stereocenters. The molecule has 2 N–H and O–H groups in total. The van der Waals surface area contributed by atoms with Gasteiger partial charge in [-0.25, -0.2) is 0 Å². The number of rotatable bonds is 4. The first kappa shape index (κ1) is 12.7. The zero-order valence-corrected chi connectivity index (χ0v) is 11.3. The number of hydrogen-bond acceptors (Lipinski definition) is 2. The van der Waals surface area contributed by atoms with Gasteiger partial charge < -0.3 is 10.6 Å². The van der Waals surface area contributed by atoms with Crippen molar-refractivity contribution in [3.63, 3.8) is 0 Å². The lowest BCUT2D eigenvalue weighted by atomic mass is 10.1. The lowest BCUT2D eigenvalue weighted by Gasteiger charge is -2.26. The fourth-order valence-corrected chi connectivity index (χ4v) is 3.01. The molecule has 1 aromatic rings. The van der Waals surface area contributed by atoms with Crippen LogP contribution in [0.15, 0.2) is 24.3 Å². The highest BCUT2D eigenvalue weighted by Gasteiger charge is 2.37. The van der Waals surface area contributed by atoms with Gasteiger partial charge in [0.1, 0.15) is 0 Å². The summed E-state index contributed by atoms with van der Waals surface area (Å²) in [6.07, 6.45) is 6.86. The average Bonchev–Trinajstić information content (AvgIpc) is 3.12. The first-order valence-electron chi connectivity index (χ1n) is 7.41. The Morgan fingerprint density at radius 3 is 2.26 bits per heavy atom. The van der Waals surface area contributed by atoms with E-state index in [4.69, 9.17) is 5.73 Å². The fraction of sp³-hybridized carbons (Fsp3) is 0.562. The van der Waals surface area contributed by atoms with Gasteiger partial charge in [0.2, 0.25) is 5.91 Å². The Kier molecular flexibility index (Phi) is 3.56. The molecule has 0 radical (unpaired) electrons. The first-order valence-corrected chi connectivity index (χ1v) is 7.41. The van der Waals surface area contributed by atoms with Crippen LogP contribution in [0, 0.1) is 5.92 Å². The van der Waals surface area contributed by atoms with E-state index in [1.54, 1.807) is 0 Å². The van der Waals surface area contributed by atoms with E-state index >= 15 is 0 Å². The Labute approximate surface area is 114 Å². The van der Waals surface area contributed by atoms with Gasteiger partial charge in [-0.3, -0.25) is 4.79 Å². The molecule has 19 heavy (non-hydrogen) atoms. The zero-order valence-electron chi connectivity index (χ0n) is 11.3. The van der Waals surface area contributed by atoms with E-state index in [0.29, 0.717) is 18.5 Å². The molecule has 0 atom stereocenters. The Bertz CT molecular complexity index is 444. The average molecular weight is 258 g/mol. The zero-order chi connectivity index (χ0) is 13.2. The van der Waals surface area contributed by atoms with E-state index in [1.165, 1.54) is 12.8 Å². The number of carbonyl (C=O) groups excluding carboxylic acids is 1. The van der Waals surface area contributed by atoms with Crippen molar-refractivity contribution in [2.24, 2.45) is 11.7 Å². The minimum atomic E-state index is 0.259. The van der Waals surface area contributed by atoms with E-state index in [1.807, 2.05) is 24.3 Å². The molecule has 3 nitrogen and oxygen atoms in total. The van der Waals surface area contributed by atoms with Crippen LogP contribution in [0.25, 0.3) is 0 Å². The molecule has 0 bridgehead atoms. The van der Waals surface area contributed by atoms with Crippen LogP contribution in [0.5, 0.6) is 0 Å². The molecule has 102 valence electrons. The van der Waals surface area contributed by atoms with Crippen LogP contribution >= 0.6 is 0 Å². The Morgan fingerprint density at radius 1 is 1.11 bits per heavy atom. The molecule has 0 saturated heterocycles. The largest absolute Gasteiger partial charge is 0.326 e. The van der Waals surface area contributed by atoms with Crippen LogP contribution in [0.2, 0.25) is 0 Å². The van der Waals surface area contributed by atoms with Gasteiger partial charge in [0, 0.05) is 24.2 Å². The second kappa shape index (κ2) is 5.33. The fourth-order valence-electron chi connectivity index (χ4n) is 3.01. The monoisotopic (exact) mass is 258 g/mol. The summed E-state index contributed by atoms with van der Waals surface area (Å²) in [4.78, 5) is 14.7. The number of carbonyl (C=O) groups is 1. The summed E-state index contributed by atoms with van der Waals surface area (Å²) in [5.74, 6) is 0.607. The third-order valence-corrected chi connectivity index (χ3v) is 4.30. The summed E-state index contributed by atoms with van der Waals surface area (Å²) in [5.41, 5.74) is 7.80. The number of nitrogens with zero attached hydrogens (tertiary/aromatic N) is 1. The highest BCUT2D eigenvalue weighted by atomic mass is 16.2. The Morgan fingerprint density at radius 2 is 1.74 bits per heavy atom. The van der Waals surface area contributed by atoms with Crippen molar-refractivity contribution < 1.29 is 4.79 Å². The van der Waals surface area contributed by atoms with Gasteiger partial charge in [0.25, 0.3) is 0 Å². The molecule has 2 fully saturated rings. The summed E-state index contributed by atoms with van der Waals surface area (Å²) in [6, 6.07) is 8.61. The van der Waals surface area contributed by atoms with E-state index < -0.39 is 0 Å². The molecule has 1 aromatic carbocycles. The number of nitrogens with two attached hydrogens (primary N) is 1. The van der Waals surface area contributed by atoms with Crippen molar-refractivity contribution in [3.8, 4) is 0 Å². The summed E-state index contributed by atoms with van der Waals surface area (Å²) >= 11 is 0. The Balaban J connectivity index is 1.81. The van der Waals surface area contributed by atoms with Crippen LogP contribution < -0.4 is 10.6 Å². The van der Waals surface area contributed by atoms with Gasteiger partial charge in [0.05, 0.1) is 0 Å². The minimum Gasteiger partial charge on any atom is -0.326 e. The SMILES string of the molecule is NCc1ccc(N(C(=O)C2CCCC2)C2CC2)cc1. The van der Waals surface area contributed by atoms with E-state index in [9.17, 15) is 4.79 Å². The summed E-state index contributed by atoms with van der Waals surface area (Å²) < 4.78 is 0. The highest BCUT2D eigenvalue weighted by molar-refractivity contribution is 5.96. The predicted molar refractivity (Wildman–Crippen MR) is 76.8 cm³/mol. The van der Waals surface area contributed by atoms with Crippen LogP contribution in [-0.4, -0.2) is 11.9 Å². The second-order valence-electron chi connectivity index (χ2n) is 5.79. The van der Waals surface area contributed by atoms with Crippen LogP contribution in [0.3, 0.4) is 0 Å². The number of amides is 1. The van der Waals surface area contributed by atoms with E-state index in [0.717, 1.165) is 36.9 Å².